The van der Waals surface area contributed by atoms with Gasteiger partial charge in [0, 0.05) is 43.4 Å². The highest BCUT2D eigenvalue weighted by Gasteiger charge is 2.36. The Bertz CT molecular complexity index is 833. The van der Waals surface area contributed by atoms with Crippen LogP contribution >= 0.6 is 0 Å². The molecule has 2 aliphatic rings. The molecule has 1 aromatic heterocycles. The monoisotopic (exact) mass is 350 g/mol. The molecule has 0 bridgehead atoms. The van der Waals surface area contributed by atoms with E-state index in [1.165, 1.54) is 12.8 Å². The quantitative estimate of drug-likeness (QED) is 0.869. The maximum Gasteiger partial charge on any atom is 0.325 e. The number of carbonyl (C=O) groups is 2. The third-order valence-electron chi connectivity index (χ3n) is 5.05. The number of primary amides is 1. The summed E-state index contributed by atoms with van der Waals surface area (Å²) >= 11 is 0. The van der Waals surface area contributed by atoms with Crippen LogP contribution < -0.4 is 10.6 Å². The second-order valence-corrected chi connectivity index (χ2v) is 7.01. The lowest BCUT2D eigenvalue weighted by Gasteiger charge is -2.21. The summed E-state index contributed by atoms with van der Waals surface area (Å²) in [6, 6.07) is 11.4. The van der Waals surface area contributed by atoms with Gasteiger partial charge >= 0.3 is 6.03 Å². The molecule has 0 unspecified atom stereocenters. The molecule has 0 radical (unpaired) electrons. The molecule has 1 saturated heterocycles. The van der Waals surface area contributed by atoms with Crippen LogP contribution in [-0.4, -0.2) is 41.5 Å². The van der Waals surface area contributed by atoms with E-state index in [-0.39, 0.29) is 6.03 Å². The Hall–Kier alpha value is -2.89. The Kier molecular flexibility index (Phi) is 4.32. The summed E-state index contributed by atoms with van der Waals surface area (Å²) < 4.78 is 0. The van der Waals surface area contributed by atoms with Gasteiger partial charge in [0.05, 0.1) is 0 Å². The van der Waals surface area contributed by atoms with Crippen molar-refractivity contribution in [3.05, 3.63) is 59.3 Å². The molecule has 2 heterocycles. The summed E-state index contributed by atoms with van der Waals surface area (Å²) in [6.45, 7) is 2.10. The van der Waals surface area contributed by atoms with Crippen molar-refractivity contribution in [3.8, 4) is 0 Å². The number of anilines is 1. The van der Waals surface area contributed by atoms with Gasteiger partial charge in [0.25, 0.3) is 0 Å². The Morgan fingerprint density at radius 3 is 2.62 bits per heavy atom. The Labute approximate surface area is 152 Å². The minimum absolute atomic E-state index is 0.0275. The van der Waals surface area contributed by atoms with Crippen molar-refractivity contribution in [2.45, 2.75) is 19.3 Å². The fourth-order valence-corrected chi connectivity index (χ4v) is 3.48. The molecular formula is C20H22N4O2. The summed E-state index contributed by atoms with van der Waals surface area (Å²) in [5.74, 6) is 0.696. The third kappa shape index (κ3) is 3.27. The molecule has 2 fully saturated rings. The van der Waals surface area contributed by atoms with Gasteiger partial charge in [-0.2, -0.15) is 0 Å². The Balaban J connectivity index is 1.68. The lowest BCUT2D eigenvalue weighted by Crippen LogP contribution is -2.34. The zero-order chi connectivity index (χ0) is 18.1. The molecule has 6 nitrogen and oxygen atoms in total. The highest BCUT2D eigenvalue weighted by atomic mass is 16.2. The van der Waals surface area contributed by atoms with E-state index in [0.29, 0.717) is 42.4 Å². The standard InChI is InChI=1S/C20H22N4O2/c21-18(25)16-8-9-22-19(17(16)12-14-4-2-1-3-5-14)24-11-10-23(20(24)26)13-15-6-7-15/h1-5,8-9,15H,6-7,10-13H2,(H2,21,25). The molecule has 0 spiro atoms. The van der Waals surface area contributed by atoms with Crippen LogP contribution in [0.3, 0.4) is 0 Å². The molecule has 26 heavy (non-hydrogen) atoms. The number of benzene rings is 1. The average Bonchev–Trinajstić information content (AvgIpc) is 3.39. The number of aromatic nitrogens is 1. The number of hydrogen-bond acceptors (Lipinski definition) is 3. The lowest BCUT2D eigenvalue weighted by atomic mass is 10.00. The molecule has 2 aromatic rings. The number of carbonyl (C=O) groups excluding carboxylic acids is 2. The largest absolute Gasteiger partial charge is 0.366 e. The van der Waals surface area contributed by atoms with Crippen molar-refractivity contribution in [1.29, 1.82) is 0 Å². The van der Waals surface area contributed by atoms with Crippen LogP contribution in [0.2, 0.25) is 0 Å². The van der Waals surface area contributed by atoms with Crippen molar-refractivity contribution < 1.29 is 9.59 Å². The number of hydrogen-bond donors (Lipinski definition) is 1. The van der Waals surface area contributed by atoms with E-state index in [0.717, 1.165) is 12.1 Å². The van der Waals surface area contributed by atoms with Crippen LogP contribution in [0.1, 0.15) is 34.3 Å². The van der Waals surface area contributed by atoms with Crippen molar-refractivity contribution in [3.63, 3.8) is 0 Å². The molecule has 1 aliphatic heterocycles. The van der Waals surface area contributed by atoms with Gasteiger partial charge in [-0.05, 0) is 30.4 Å². The number of urea groups is 1. The number of amides is 3. The fourth-order valence-electron chi connectivity index (χ4n) is 3.48. The summed E-state index contributed by atoms with van der Waals surface area (Å²) in [4.78, 5) is 32.8. The van der Waals surface area contributed by atoms with Gasteiger partial charge < -0.3 is 10.6 Å². The minimum atomic E-state index is -0.499. The van der Waals surface area contributed by atoms with E-state index in [4.69, 9.17) is 5.73 Å². The molecule has 4 rings (SSSR count). The van der Waals surface area contributed by atoms with Crippen molar-refractivity contribution in [2.75, 3.05) is 24.5 Å². The van der Waals surface area contributed by atoms with E-state index >= 15 is 0 Å². The zero-order valence-electron chi connectivity index (χ0n) is 14.6. The van der Waals surface area contributed by atoms with Gasteiger partial charge in [0.2, 0.25) is 5.91 Å². The van der Waals surface area contributed by atoms with Gasteiger partial charge in [0.1, 0.15) is 5.82 Å². The average molecular weight is 350 g/mol. The van der Waals surface area contributed by atoms with E-state index in [1.807, 2.05) is 35.2 Å². The van der Waals surface area contributed by atoms with Crippen LogP contribution in [-0.2, 0) is 6.42 Å². The number of rotatable bonds is 6. The molecule has 2 N–H and O–H groups in total. The molecule has 3 amide bonds. The normalized spacial score (nSPS) is 17.0. The fraction of sp³-hybridized carbons (Fsp3) is 0.350. The molecule has 1 aliphatic carbocycles. The second-order valence-electron chi connectivity index (χ2n) is 7.01. The van der Waals surface area contributed by atoms with E-state index in [2.05, 4.69) is 4.98 Å². The Morgan fingerprint density at radius 2 is 1.92 bits per heavy atom. The summed E-state index contributed by atoms with van der Waals surface area (Å²) in [5.41, 5.74) is 7.78. The van der Waals surface area contributed by atoms with Gasteiger partial charge in [-0.15, -0.1) is 0 Å². The number of pyridine rings is 1. The SMILES string of the molecule is NC(=O)c1ccnc(N2CCN(CC3CC3)C2=O)c1Cc1ccccc1. The van der Waals surface area contributed by atoms with Crippen LogP contribution in [0.4, 0.5) is 10.6 Å². The highest BCUT2D eigenvalue weighted by molar-refractivity contribution is 5.99. The zero-order valence-corrected chi connectivity index (χ0v) is 14.6. The minimum Gasteiger partial charge on any atom is -0.366 e. The van der Waals surface area contributed by atoms with Gasteiger partial charge in [-0.1, -0.05) is 30.3 Å². The van der Waals surface area contributed by atoms with Crippen LogP contribution in [0.15, 0.2) is 42.6 Å². The molecule has 6 heteroatoms. The highest BCUT2D eigenvalue weighted by Crippen LogP contribution is 2.32. The van der Waals surface area contributed by atoms with E-state index in [9.17, 15) is 9.59 Å². The van der Waals surface area contributed by atoms with E-state index < -0.39 is 5.91 Å². The number of nitrogens with two attached hydrogens (primary N) is 1. The van der Waals surface area contributed by atoms with Crippen LogP contribution in [0.5, 0.6) is 0 Å². The summed E-state index contributed by atoms with van der Waals surface area (Å²) in [6.07, 6.45) is 4.48. The van der Waals surface area contributed by atoms with E-state index in [1.54, 1.807) is 17.2 Å². The second kappa shape index (κ2) is 6.78. The first-order chi connectivity index (χ1) is 12.6. The van der Waals surface area contributed by atoms with Crippen molar-refractivity contribution in [1.82, 2.24) is 9.88 Å². The summed E-state index contributed by atoms with van der Waals surface area (Å²) in [7, 11) is 0. The summed E-state index contributed by atoms with van der Waals surface area (Å²) in [5, 5.41) is 0. The Morgan fingerprint density at radius 1 is 1.15 bits per heavy atom. The first-order valence-corrected chi connectivity index (χ1v) is 9.01. The predicted octanol–water partition coefficient (Wildman–Crippen LogP) is 2.42. The molecule has 0 atom stereocenters. The molecule has 1 saturated carbocycles. The van der Waals surface area contributed by atoms with Gasteiger partial charge in [0.15, 0.2) is 0 Å². The first kappa shape index (κ1) is 16.6. The first-order valence-electron chi connectivity index (χ1n) is 9.01. The third-order valence-corrected chi connectivity index (χ3v) is 5.05. The smallest absolute Gasteiger partial charge is 0.325 e. The van der Waals surface area contributed by atoms with Crippen LogP contribution in [0, 0.1) is 5.92 Å². The maximum atomic E-state index is 12.9. The molecule has 1 aromatic carbocycles. The molecule has 134 valence electrons. The van der Waals surface area contributed by atoms with Crippen molar-refractivity contribution >= 4 is 17.8 Å². The lowest BCUT2D eigenvalue weighted by molar-refractivity contribution is 0.0999. The van der Waals surface area contributed by atoms with Crippen molar-refractivity contribution in [2.24, 2.45) is 11.7 Å². The molecular weight excluding hydrogens is 328 g/mol. The van der Waals surface area contributed by atoms with Crippen LogP contribution in [0.25, 0.3) is 0 Å². The maximum absolute atomic E-state index is 12.9. The number of nitrogens with zero attached hydrogens (tertiary/aromatic N) is 3. The topological polar surface area (TPSA) is 79.5 Å². The predicted molar refractivity (Wildman–Crippen MR) is 99.0 cm³/mol. The van der Waals surface area contributed by atoms with Gasteiger partial charge in [-0.3, -0.25) is 9.69 Å². The van der Waals surface area contributed by atoms with Gasteiger partial charge in [-0.25, -0.2) is 9.78 Å².